The van der Waals surface area contributed by atoms with Crippen LogP contribution in [0.2, 0.25) is 0 Å². The molecule has 2 heterocycles. The zero-order valence-electron chi connectivity index (χ0n) is 13.2. The number of likely N-dealkylation sites (N-methyl/N-ethyl adjacent to an activating group) is 1. The highest BCUT2D eigenvalue weighted by atomic mass is 32.2. The Balaban J connectivity index is 2.12. The number of nitrogens with zero attached hydrogens (tertiary/aromatic N) is 2. The molecule has 0 aromatic carbocycles. The molecule has 5 nitrogen and oxygen atoms in total. The summed E-state index contributed by atoms with van der Waals surface area (Å²) >= 11 is 1.37. The minimum Gasteiger partial charge on any atom is -0.310 e. The van der Waals surface area contributed by atoms with Crippen LogP contribution < -0.4 is 5.32 Å². The van der Waals surface area contributed by atoms with Gasteiger partial charge in [-0.1, -0.05) is 13.8 Å². The van der Waals surface area contributed by atoms with Crippen LogP contribution in [0, 0.1) is 0 Å². The van der Waals surface area contributed by atoms with Crippen LogP contribution in [0.5, 0.6) is 0 Å². The number of hydrogen-bond donors (Lipinski definition) is 1. The monoisotopic (exact) mass is 331 g/mol. The molecule has 1 N–H and O–H groups in total. The van der Waals surface area contributed by atoms with Crippen molar-refractivity contribution < 1.29 is 8.42 Å². The van der Waals surface area contributed by atoms with E-state index < -0.39 is 10.0 Å². The first-order valence-corrected chi connectivity index (χ1v) is 9.59. The van der Waals surface area contributed by atoms with Gasteiger partial charge in [0.2, 0.25) is 0 Å². The lowest BCUT2D eigenvalue weighted by Gasteiger charge is -2.36. The molecule has 1 saturated heterocycles. The SMILES string of the molecule is CC(C)NCc1ccc(S(=O)(=O)N2CCN(C)CC2C)s1. The number of hydrogen-bond acceptors (Lipinski definition) is 5. The molecule has 0 bridgehead atoms. The molecule has 0 spiro atoms. The molecule has 21 heavy (non-hydrogen) atoms. The van der Waals surface area contributed by atoms with E-state index in [-0.39, 0.29) is 6.04 Å². The molecule has 1 atom stereocenters. The molecule has 0 radical (unpaired) electrons. The normalized spacial score (nSPS) is 22.0. The van der Waals surface area contributed by atoms with E-state index in [0.29, 0.717) is 16.8 Å². The molecule has 1 aliphatic heterocycles. The van der Waals surface area contributed by atoms with Crippen molar-refractivity contribution in [3.63, 3.8) is 0 Å². The molecular formula is C14H25N3O2S2. The Bertz CT molecular complexity index is 569. The molecule has 7 heteroatoms. The maximum atomic E-state index is 12.8. The zero-order chi connectivity index (χ0) is 15.6. The molecule has 0 saturated carbocycles. The molecular weight excluding hydrogens is 306 g/mol. The van der Waals surface area contributed by atoms with Gasteiger partial charge in [0.05, 0.1) is 0 Å². The second kappa shape index (κ2) is 6.75. The predicted molar refractivity (Wildman–Crippen MR) is 87.1 cm³/mol. The van der Waals surface area contributed by atoms with E-state index in [0.717, 1.165) is 24.5 Å². The Morgan fingerprint density at radius 1 is 1.38 bits per heavy atom. The van der Waals surface area contributed by atoms with Gasteiger partial charge in [-0.3, -0.25) is 0 Å². The largest absolute Gasteiger partial charge is 0.310 e. The fourth-order valence-corrected chi connectivity index (χ4v) is 5.54. The van der Waals surface area contributed by atoms with E-state index in [1.807, 2.05) is 20.0 Å². The van der Waals surface area contributed by atoms with Gasteiger partial charge < -0.3 is 10.2 Å². The van der Waals surface area contributed by atoms with Crippen LogP contribution in [0.25, 0.3) is 0 Å². The van der Waals surface area contributed by atoms with Gasteiger partial charge >= 0.3 is 0 Å². The lowest BCUT2D eigenvalue weighted by molar-refractivity contribution is 0.170. The van der Waals surface area contributed by atoms with E-state index >= 15 is 0 Å². The van der Waals surface area contributed by atoms with Gasteiger partial charge in [0.1, 0.15) is 4.21 Å². The van der Waals surface area contributed by atoms with E-state index in [1.54, 1.807) is 10.4 Å². The maximum absolute atomic E-state index is 12.8. The highest BCUT2D eigenvalue weighted by Crippen LogP contribution is 2.27. The van der Waals surface area contributed by atoms with Gasteiger partial charge in [0.15, 0.2) is 0 Å². The summed E-state index contributed by atoms with van der Waals surface area (Å²) in [5.74, 6) is 0. The second-order valence-electron chi connectivity index (χ2n) is 5.98. The van der Waals surface area contributed by atoms with Crippen molar-refractivity contribution in [2.45, 2.75) is 43.6 Å². The summed E-state index contributed by atoms with van der Waals surface area (Å²) in [6, 6.07) is 4.06. The number of piperazine rings is 1. The molecule has 1 aromatic rings. The van der Waals surface area contributed by atoms with Crippen molar-refractivity contribution in [3.8, 4) is 0 Å². The molecule has 1 aliphatic rings. The Kier molecular flexibility index (Phi) is 5.43. The average molecular weight is 332 g/mol. The van der Waals surface area contributed by atoms with E-state index in [4.69, 9.17) is 0 Å². The Morgan fingerprint density at radius 2 is 2.10 bits per heavy atom. The highest BCUT2D eigenvalue weighted by molar-refractivity contribution is 7.91. The summed E-state index contributed by atoms with van der Waals surface area (Å²) in [7, 11) is -1.33. The van der Waals surface area contributed by atoms with Crippen LogP contribution in [0.1, 0.15) is 25.6 Å². The van der Waals surface area contributed by atoms with Crippen molar-refractivity contribution in [2.75, 3.05) is 26.7 Å². The molecule has 2 rings (SSSR count). The Morgan fingerprint density at radius 3 is 2.71 bits per heavy atom. The van der Waals surface area contributed by atoms with Gasteiger partial charge in [-0.05, 0) is 26.1 Å². The van der Waals surface area contributed by atoms with Crippen molar-refractivity contribution in [2.24, 2.45) is 0 Å². The maximum Gasteiger partial charge on any atom is 0.252 e. The first-order valence-electron chi connectivity index (χ1n) is 7.33. The number of sulfonamides is 1. The van der Waals surface area contributed by atoms with Crippen LogP contribution in [-0.4, -0.2) is 56.4 Å². The second-order valence-corrected chi connectivity index (χ2v) is 9.27. The summed E-state index contributed by atoms with van der Waals surface area (Å²) in [5, 5.41) is 3.32. The van der Waals surface area contributed by atoms with Crippen LogP contribution >= 0.6 is 11.3 Å². The smallest absolute Gasteiger partial charge is 0.252 e. The van der Waals surface area contributed by atoms with Crippen molar-refractivity contribution >= 4 is 21.4 Å². The van der Waals surface area contributed by atoms with Gasteiger partial charge in [0, 0.05) is 43.1 Å². The highest BCUT2D eigenvalue weighted by Gasteiger charge is 2.33. The lowest BCUT2D eigenvalue weighted by atomic mass is 10.2. The van der Waals surface area contributed by atoms with Crippen LogP contribution in [0.3, 0.4) is 0 Å². The summed E-state index contributed by atoms with van der Waals surface area (Å²) < 4.78 is 27.6. The van der Waals surface area contributed by atoms with E-state index in [9.17, 15) is 8.42 Å². The van der Waals surface area contributed by atoms with Gasteiger partial charge in [-0.15, -0.1) is 11.3 Å². The van der Waals surface area contributed by atoms with Gasteiger partial charge in [-0.2, -0.15) is 4.31 Å². The molecule has 120 valence electrons. The third-order valence-corrected chi connectivity index (χ3v) is 7.22. The first-order chi connectivity index (χ1) is 9.80. The lowest BCUT2D eigenvalue weighted by Crippen LogP contribution is -2.52. The fraction of sp³-hybridized carbons (Fsp3) is 0.714. The minimum atomic E-state index is -3.35. The van der Waals surface area contributed by atoms with Gasteiger partial charge in [-0.25, -0.2) is 8.42 Å². The zero-order valence-corrected chi connectivity index (χ0v) is 14.8. The Labute approximate surface area is 132 Å². The fourth-order valence-electron chi connectivity index (χ4n) is 2.49. The molecule has 0 aliphatic carbocycles. The molecule has 1 fully saturated rings. The van der Waals surface area contributed by atoms with E-state index in [2.05, 4.69) is 24.1 Å². The Hall–Kier alpha value is -0.470. The third kappa shape index (κ3) is 4.04. The number of rotatable bonds is 5. The summed E-state index contributed by atoms with van der Waals surface area (Å²) in [5.41, 5.74) is 0. The topological polar surface area (TPSA) is 52.7 Å². The summed E-state index contributed by atoms with van der Waals surface area (Å²) in [4.78, 5) is 3.23. The van der Waals surface area contributed by atoms with E-state index in [1.165, 1.54) is 11.3 Å². The predicted octanol–water partition coefficient (Wildman–Crippen LogP) is 1.57. The minimum absolute atomic E-state index is 0.0214. The molecule has 0 amide bonds. The first kappa shape index (κ1) is 16.9. The number of thiophene rings is 1. The van der Waals surface area contributed by atoms with Crippen molar-refractivity contribution in [3.05, 3.63) is 17.0 Å². The van der Waals surface area contributed by atoms with Gasteiger partial charge in [0.25, 0.3) is 10.0 Å². The summed E-state index contributed by atoms with van der Waals surface area (Å²) in [6.07, 6.45) is 0. The number of nitrogens with one attached hydrogen (secondary N) is 1. The van der Waals surface area contributed by atoms with Crippen LogP contribution in [0.15, 0.2) is 16.3 Å². The van der Waals surface area contributed by atoms with Crippen molar-refractivity contribution in [1.82, 2.24) is 14.5 Å². The summed E-state index contributed by atoms with van der Waals surface area (Å²) in [6.45, 7) is 8.99. The van der Waals surface area contributed by atoms with Crippen LogP contribution in [-0.2, 0) is 16.6 Å². The molecule has 1 unspecified atom stereocenters. The quantitative estimate of drug-likeness (QED) is 0.890. The van der Waals surface area contributed by atoms with Crippen molar-refractivity contribution in [1.29, 1.82) is 0 Å². The molecule has 1 aromatic heterocycles. The third-order valence-electron chi connectivity index (χ3n) is 3.65. The average Bonchev–Trinajstić information content (AvgIpc) is 2.85. The standard InChI is InChI=1S/C14H25N3O2S2/c1-11(2)15-9-13-5-6-14(20-13)21(18,19)17-8-7-16(4)10-12(17)3/h5-6,11-12,15H,7-10H2,1-4H3. The van der Waals surface area contributed by atoms with Crippen LogP contribution in [0.4, 0.5) is 0 Å².